The maximum atomic E-state index is 11.1. The molecule has 17 heavy (non-hydrogen) atoms. The summed E-state index contributed by atoms with van der Waals surface area (Å²) in [5.41, 5.74) is 6.64. The Kier molecular flexibility index (Phi) is 5.25. The van der Waals surface area contributed by atoms with Crippen molar-refractivity contribution in [1.29, 1.82) is 0 Å². The van der Waals surface area contributed by atoms with E-state index < -0.39 is 5.97 Å². The second-order valence-electron chi connectivity index (χ2n) is 3.57. The first-order chi connectivity index (χ1) is 8.04. The summed E-state index contributed by atoms with van der Waals surface area (Å²) >= 11 is 6.00. The zero-order valence-corrected chi connectivity index (χ0v) is 10.7. The molecule has 0 heterocycles. The molecule has 4 nitrogen and oxygen atoms in total. The number of ether oxygens (including phenoxy) is 2. The third kappa shape index (κ3) is 4.24. The zero-order chi connectivity index (χ0) is 12.8. The lowest BCUT2D eigenvalue weighted by molar-refractivity contribution is -0.145. The molecule has 0 aromatic heterocycles. The van der Waals surface area contributed by atoms with Crippen molar-refractivity contribution in [2.24, 2.45) is 5.73 Å². The Balaban J connectivity index is 2.63. The fourth-order valence-electron chi connectivity index (χ4n) is 1.26. The van der Waals surface area contributed by atoms with E-state index in [2.05, 4.69) is 0 Å². The minimum absolute atomic E-state index is 0.0911. The molecule has 0 spiro atoms. The summed E-state index contributed by atoms with van der Waals surface area (Å²) in [6, 6.07) is 5.15. The summed E-state index contributed by atoms with van der Waals surface area (Å²) in [6.07, 6.45) is 0. The molecule has 0 saturated heterocycles. The van der Waals surface area contributed by atoms with Crippen LogP contribution in [0.2, 0.25) is 5.02 Å². The van der Waals surface area contributed by atoms with Crippen LogP contribution in [0.3, 0.4) is 0 Å². The van der Waals surface area contributed by atoms with Crippen molar-refractivity contribution in [3.05, 3.63) is 28.8 Å². The molecule has 2 N–H and O–H groups in total. The molecule has 0 bridgehead atoms. The van der Waals surface area contributed by atoms with Gasteiger partial charge in [-0.05, 0) is 31.5 Å². The molecule has 1 aromatic rings. The van der Waals surface area contributed by atoms with Crippen LogP contribution in [0.15, 0.2) is 18.2 Å². The van der Waals surface area contributed by atoms with Crippen LogP contribution in [0.5, 0.6) is 5.75 Å². The molecule has 0 aliphatic rings. The van der Waals surface area contributed by atoms with E-state index in [0.717, 1.165) is 5.56 Å². The van der Waals surface area contributed by atoms with Crippen LogP contribution >= 0.6 is 11.6 Å². The highest BCUT2D eigenvalue weighted by Gasteiger charge is 2.08. The first-order valence-electron chi connectivity index (χ1n) is 5.38. The minimum Gasteiger partial charge on any atom is -0.480 e. The van der Waals surface area contributed by atoms with Gasteiger partial charge in [0, 0.05) is 6.04 Å². The molecule has 0 aliphatic carbocycles. The molecular weight excluding hydrogens is 242 g/mol. The number of esters is 1. The minimum atomic E-state index is -0.417. The lowest BCUT2D eigenvalue weighted by Crippen LogP contribution is -2.14. The molecule has 0 fully saturated rings. The van der Waals surface area contributed by atoms with Crippen LogP contribution in [0.4, 0.5) is 0 Å². The summed E-state index contributed by atoms with van der Waals surface area (Å²) in [5.74, 6) is 0.0314. The first kappa shape index (κ1) is 13.8. The third-order valence-electron chi connectivity index (χ3n) is 2.13. The van der Waals surface area contributed by atoms with Crippen molar-refractivity contribution >= 4 is 17.6 Å². The number of benzene rings is 1. The topological polar surface area (TPSA) is 61.5 Å². The highest BCUT2D eigenvalue weighted by molar-refractivity contribution is 6.32. The summed E-state index contributed by atoms with van der Waals surface area (Å²) in [7, 11) is 0. The van der Waals surface area contributed by atoms with Crippen molar-refractivity contribution in [2.45, 2.75) is 19.9 Å². The Hall–Kier alpha value is -1.26. The number of hydrogen-bond donors (Lipinski definition) is 1. The normalized spacial score (nSPS) is 12.0. The largest absolute Gasteiger partial charge is 0.480 e. The lowest BCUT2D eigenvalue weighted by atomic mass is 10.1. The van der Waals surface area contributed by atoms with Gasteiger partial charge in [-0.15, -0.1) is 0 Å². The highest BCUT2D eigenvalue weighted by atomic mass is 35.5. The number of hydrogen-bond acceptors (Lipinski definition) is 4. The Morgan fingerprint density at radius 2 is 2.24 bits per heavy atom. The molecular formula is C12H16ClNO3. The summed E-state index contributed by atoms with van der Waals surface area (Å²) in [4.78, 5) is 11.1. The van der Waals surface area contributed by atoms with Crippen molar-refractivity contribution in [3.8, 4) is 5.75 Å². The first-order valence-corrected chi connectivity index (χ1v) is 5.75. The molecule has 1 rings (SSSR count). The number of carbonyl (C=O) groups excluding carboxylic acids is 1. The number of nitrogens with two attached hydrogens (primary N) is 1. The molecule has 0 radical (unpaired) electrons. The summed E-state index contributed by atoms with van der Waals surface area (Å²) in [5, 5.41) is 0.434. The number of rotatable bonds is 5. The molecule has 0 aliphatic heterocycles. The van der Waals surface area contributed by atoms with Gasteiger partial charge in [-0.1, -0.05) is 17.7 Å². The number of halogens is 1. The predicted molar refractivity (Wildman–Crippen MR) is 66.2 cm³/mol. The van der Waals surface area contributed by atoms with Gasteiger partial charge in [0.1, 0.15) is 5.75 Å². The smallest absolute Gasteiger partial charge is 0.344 e. The van der Waals surface area contributed by atoms with Crippen LogP contribution in [0.25, 0.3) is 0 Å². The fourth-order valence-corrected chi connectivity index (χ4v) is 1.50. The van der Waals surface area contributed by atoms with Gasteiger partial charge in [-0.25, -0.2) is 4.79 Å². The van der Waals surface area contributed by atoms with Crippen LogP contribution < -0.4 is 10.5 Å². The Morgan fingerprint density at radius 3 is 2.76 bits per heavy atom. The van der Waals surface area contributed by atoms with Gasteiger partial charge in [-0.2, -0.15) is 0 Å². The van der Waals surface area contributed by atoms with Crippen LogP contribution in [0.1, 0.15) is 25.5 Å². The van der Waals surface area contributed by atoms with E-state index in [1.807, 2.05) is 13.0 Å². The zero-order valence-electron chi connectivity index (χ0n) is 9.90. The van der Waals surface area contributed by atoms with E-state index in [9.17, 15) is 4.79 Å². The van der Waals surface area contributed by atoms with Gasteiger partial charge in [0.15, 0.2) is 6.61 Å². The van der Waals surface area contributed by atoms with E-state index in [4.69, 9.17) is 26.8 Å². The van der Waals surface area contributed by atoms with Gasteiger partial charge in [0.05, 0.1) is 11.6 Å². The van der Waals surface area contributed by atoms with Gasteiger partial charge in [-0.3, -0.25) is 0 Å². The predicted octanol–water partition coefficient (Wildman–Crippen LogP) is 2.30. The van der Waals surface area contributed by atoms with Crippen molar-refractivity contribution in [1.82, 2.24) is 0 Å². The van der Waals surface area contributed by atoms with E-state index in [1.165, 1.54) is 0 Å². The van der Waals surface area contributed by atoms with Crippen molar-refractivity contribution in [2.75, 3.05) is 13.2 Å². The lowest BCUT2D eigenvalue weighted by Gasteiger charge is -2.10. The molecule has 5 heteroatoms. The standard InChI is InChI=1S/C12H16ClNO3/c1-3-16-12(15)7-17-11-5-4-9(8(2)14)6-10(11)13/h4-6,8H,3,7,14H2,1-2H3/t8-/m0/s1. The highest BCUT2D eigenvalue weighted by Crippen LogP contribution is 2.27. The molecule has 1 aromatic carbocycles. The van der Waals surface area contributed by atoms with Crippen LogP contribution in [0, 0.1) is 0 Å². The van der Waals surface area contributed by atoms with E-state index >= 15 is 0 Å². The molecule has 0 unspecified atom stereocenters. The Labute approximate surface area is 106 Å². The van der Waals surface area contributed by atoms with Crippen molar-refractivity contribution < 1.29 is 14.3 Å². The summed E-state index contributed by atoms with van der Waals surface area (Å²) in [6.45, 7) is 3.79. The molecule has 0 amide bonds. The third-order valence-corrected chi connectivity index (χ3v) is 2.43. The average Bonchev–Trinajstić information content (AvgIpc) is 2.27. The monoisotopic (exact) mass is 257 g/mol. The molecule has 94 valence electrons. The second kappa shape index (κ2) is 6.47. The molecule has 1 atom stereocenters. The van der Waals surface area contributed by atoms with Gasteiger partial charge in [0.25, 0.3) is 0 Å². The number of carbonyl (C=O) groups is 1. The second-order valence-corrected chi connectivity index (χ2v) is 3.98. The summed E-state index contributed by atoms with van der Waals surface area (Å²) < 4.78 is 9.98. The maximum Gasteiger partial charge on any atom is 0.344 e. The van der Waals surface area contributed by atoms with Crippen LogP contribution in [-0.2, 0) is 9.53 Å². The Morgan fingerprint density at radius 1 is 1.53 bits per heavy atom. The Bertz CT molecular complexity index is 393. The fraction of sp³-hybridized carbons (Fsp3) is 0.417. The van der Waals surface area contributed by atoms with Gasteiger partial charge >= 0.3 is 5.97 Å². The van der Waals surface area contributed by atoms with E-state index in [1.54, 1.807) is 19.1 Å². The average molecular weight is 258 g/mol. The van der Waals surface area contributed by atoms with Gasteiger partial charge in [0.2, 0.25) is 0 Å². The SMILES string of the molecule is CCOC(=O)COc1ccc([C@H](C)N)cc1Cl. The molecule has 0 saturated carbocycles. The van der Waals surface area contributed by atoms with Crippen LogP contribution in [-0.4, -0.2) is 19.2 Å². The van der Waals surface area contributed by atoms with E-state index in [-0.39, 0.29) is 12.6 Å². The quantitative estimate of drug-likeness (QED) is 0.823. The van der Waals surface area contributed by atoms with E-state index in [0.29, 0.717) is 17.4 Å². The van der Waals surface area contributed by atoms with Gasteiger partial charge < -0.3 is 15.2 Å². The maximum absolute atomic E-state index is 11.1. The van der Waals surface area contributed by atoms with Crippen molar-refractivity contribution in [3.63, 3.8) is 0 Å².